The summed E-state index contributed by atoms with van der Waals surface area (Å²) in [5.41, 5.74) is 1.83. The third-order valence-corrected chi connectivity index (χ3v) is 4.91. The second-order valence-electron chi connectivity index (χ2n) is 6.67. The second kappa shape index (κ2) is 7.13. The van der Waals surface area contributed by atoms with Gasteiger partial charge in [-0.05, 0) is 44.8 Å². The first-order valence-electron chi connectivity index (χ1n) is 8.43. The summed E-state index contributed by atoms with van der Waals surface area (Å²) in [6, 6.07) is 5.41. The molecule has 1 aliphatic rings. The van der Waals surface area contributed by atoms with Crippen molar-refractivity contribution in [1.82, 2.24) is 19.0 Å². The van der Waals surface area contributed by atoms with Crippen molar-refractivity contribution in [1.29, 1.82) is 0 Å². The summed E-state index contributed by atoms with van der Waals surface area (Å²) in [6.07, 6.45) is 5.37. The zero-order chi connectivity index (χ0) is 17.1. The van der Waals surface area contributed by atoms with Gasteiger partial charge in [0.25, 0.3) is 5.56 Å². The molecule has 1 saturated heterocycles. The lowest BCUT2D eigenvalue weighted by molar-refractivity contribution is 0.163. The maximum Gasteiger partial charge on any atom is 0.256 e. The predicted molar refractivity (Wildman–Crippen MR) is 92.9 cm³/mol. The number of aryl methyl sites for hydroxylation is 1. The fourth-order valence-electron chi connectivity index (χ4n) is 3.29. The van der Waals surface area contributed by atoms with Crippen LogP contribution < -0.4 is 11.1 Å². The van der Waals surface area contributed by atoms with Gasteiger partial charge >= 0.3 is 0 Å². The summed E-state index contributed by atoms with van der Waals surface area (Å²) in [4.78, 5) is 30.3. The topological polar surface area (TPSA) is 60.1 Å². The Balaban J connectivity index is 1.58. The van der Waals surface area contributed by atoms with E-state index in [1.807, 2.05) is 19.2 Å². The van der Waals surface area contributed by atoms with Crippen LogP contribution in [-0.2, 0) is 20.1 Å². The first-order valence-corrected chi connectivity index (χ1v) is 8.43. The molecule has 0 unspecified atom stereocenters. The van der Waals surface area contributed by atoms with Gasteiger partial charge in [-0.3, -0.25) is 19.1 Å². The average molecular weight is 328 g/mol. The number of hydrogen-bond donors (Lipinski definition) is 0. The molecule has 0 aliphatic carbocycles. The molecule has 24 heavy (non-hydrogen) atoms. The Morgan fingerprint density at radius 2 is 1.96 bits per heavy atom. The molecule has 0 aromatic carbocycles. The number of pyridine rings is 1. The van der Waals surface area contributed by atoms with Crippen molar-refractivity contribution in [2.75, 3.05) is 13.1 Å². The van der Waals surface area contributed by atoms with Crippen molar-refractivity contribution in [3.8, 4) is 0 Å². The van der Waals surface area contributed by atoms with Crippen molar-refractivity contribution in [2.24, 2.45) is 13.0 Å². The van der Waals surface area contributed by atoms with E-state index < -0.39 is 0 Å². The SMILES string of the molecule is Cc1cncn(CC2CCN(Cc3cccc(=O)n3C)CC2)c1=O. The molecule has 0 atom stereocenters. The molecule has 6 heteroatoms. The molecule has 0 amide bonds. The van der Waals surface area contributed by atoms with Crippen molar-refractivity contribution < 1.29 is 0 Å². The number of likely N-dealkylation sites (tertiary alicyclic amines) is 1. The number of aromatic nitrogens is 3. The minimum Gasteiger partial charge on any atom is -0.314 e. The summed E-state index contributed by atoms with van der Waals surface area (Å²) in [6.45, 7) is 5.32. The van der Waals surface area contributed by atoms with Crippen LogP contribution in [0.4, 0.5) is 0 Å². The standard InChI is InChI=1S/C18H24N4O2/c1-14-10-19-13-22(18(14)24)11-15-6-8-21(9-7-15)12-16-4-3-5-17(23)20(16)2/h3-5,10,13,15H,6-9,11-12H2,1-2H3. The number of piperidine rings is 1. The molecule has 0 N–H and O–H groups in total. The molecule has 0 bridgehead atoms. The van der Waals surface area contributed by atoms with Crippen molar-refractivity contribution in [2.45, 2.75) is 32.9 Å². The monoisotopic (exact) mass is 328 g/mol. The zero-order valence-electron chi connectivity index (χ0n) is 14.3. The van der Waals surface area contributed by atoms with Crippen LogP contribution >= 0.6 is 0 Å². The fourth-order valence-corrected chi connectivity index (χ4v) is 3.29. The van der Waals surface area contributed by atoms with Gasteiger partial charge < -0.3 is 4.57 Å². The van der Waals surface area contributed by atoms with Crippen LogP contribution in [0.25, 0.3) is 0 Å². The Kier molecular flexibility index (Phi) is 4.94. The van der Waals surface area contributed by atoms with Crippen LogP contribution in [0, 0.1) is 12.8 Å². The van der Waals surface area contributed by atoms with E-state index in [9.17, 15) is 9.59 Å². The normalized spacial score (nSPS) is 16.4. The summed E-state index contributed by atoms with van der Waals surface area (Å²) in [7, 11) is 1.82. The summed E-state index contributed by atoms with van der Waals surface area (Å²) in [5.74, 6) is 0.502. The largest absolute Gasteiger partial charge is 0.314 e. The van der Waals surface area contributed by atoms with Gasteiger partial charge in [0.15, 0.2) is 0 Å². The molecule has 1 fully saturated rings. The van der Waals surface area contributed by atoms with Crippen LogP contribution in [0.15, 0.2) is 40.3 Å². The molecule has 2 aromatic heterocycles. The fraction of sp³-hybridized carbons (Fsp3) is 0.500. The van der Waals surface area contributed by atoms with Gasteiger partial charge in [0.05, 0.1) is 6.33 Å². The van der Waals surface area contributed by atoms with E-state index in [2.05, 4.69) is 9.88 Å². The van der Waals surface area contributed by atoms with Crippen LogP contribution in [0.2, 0.25) is 0 Å². The summed E-state index contributed by atoms with van der Waals surface area (Å²) >= 11 is 0. The van der Waals surface area contributed by atoms with E-state index >= 15 is 0 Å². The molecule has 0 saturated carbocycles. The Labute approximate surface area is 141 Å². The highest BCUT2D eigenvalue weighted by molar-refractivity contribution is 5.06. The lowest BCUT2D eigenvalue weighted by Gasteiger charge is -2.32. The van der Waals surface area contributed by atoms with Crippen LogP contribution in [0.3, 0.4) is 0 Å². The first kappa shape index (κ1) is 16.6. The maximum atomic E-state index is 12.1. The first-order chi connectivity index (χ1) is 11.5. The Hall–Kier alpha value is -2.21. The van der Waals surface area contributed by atoms with Crippen molar-refractivity contribution in [3.63, 3.8) is 0 Å². The van der Waals surface area contributed by atoms with Gasteiger partial charge in [-0.2, -0.15) is 0 Å². The Bertz CT molecular complexity index is 816. The van der Waals surface area contributed by atoms with Crippen molar-refractivity contribution >= 4 is 0 Å². The van der Waals surface area contributed by atoms with Gasteiger partial charge in [-0.15, -0.1) is 0 Å². The molecule has 3 heterocycles. The minimum absolute atomic E-state index is 0.0358. The highest BCUT2D eigenvalue weighted by atomic mass is 16.1. The van der Waals surface area contributed by atoms with Crippen LogP contribution in [0.1, 0.15) is 24.1 Å². The lowest BCUT2D eigenvalue weighted by atomic mass is 9.96. The van der Waals surface area contributed by atoms with Gasteiger partial charge in [-0.25, -0.2) is 4.98 Å². The van der Waals surface area contributed by atoms with E-state index in [4.69, 9.17) is 0 Å². The van der Waals surface area contributed by atoms with Gasteiger partial charge in [0, 0.05) is 43.7 Å². The third-order valence-electron chi connectivity index (χ3n) is 4.91. The maximum absolute atomic E-state index is 12.1. The molecular weight excluding hydrogens is 304 g/mol. The van der Waals surface area contributed by atoms with E-state index in [-0.39, 0.29) is 11.1 Å². The minimum atomic E-state index is 0.0358. The average Bonchev–Trinajstić information content (AvgIpc) is 2.58. The van der Waals surface area contributed by atoms with Crippen LogP contribution in [0.5, 0.6) is 0 Å². The Morgan fingerprint density at radius 3 is 2.71 bits per heavy atom. The quantitative estimate of drug-likeness (QED) is 0.845. The van der Waals surface area contributed by atoms with Crippen molar-refractivity contribution in [3.05, 3.63) is 62.7 Å². The van der Waals surface area contributed by atoms with E-state index in [0.717, 1.165) is 44.7 Å². The van der Waals surface area contributed by atoms with Gasteiger partial charge in [0.2, 0.25) is 5.56 Å². The molecular formula is C18H24N4O2. The lowest BCUT2D eigenvalue weighted by Crippen LogP contribution is -2.37. The molecule has 1 aliphatic heterocycles. The molecule has 0 spiro atoms. The van der Waals surface area contributed by atoms with E-state index in [1.54, 1.807) is 34.6 Å². The predicted octanol–water partition coefficient (Wildman–Crippen LogP) is 1.16. The van der Waals surface area contributed by atoms with E-state index in [1.165, 1.54) is 0 Å². The van der Waals surface area contributed by atoms with Gasteiger partial charge in [0.1, 0.15) is 0 Å². The molecule has 3 rings (SSSR count). The second-order valence-corrected chi connectivity index (χ2v) is 6.67. The van der Waals surface area contributed by atoms with E-state index in [0.29, 0.717) is 11.5 Å². The highest BCUT2D eigenvalue weighted by Gasteiger charge is 2.20. The smallest absolute Gasteiger partial charge is 0.256 e. The number of hydrogen-bond acceptors (Lipinski definition) is 4. The summed E-state index contributed by atoms with van der Waals surface area (Å²) < 4.78 is 3.45. The Morgan fingerprint density at radius 1 is 1.21 bits per heavy atom. The highest BCUT2D eigenvalue weighted by Crippen LogP contribution is 2.19. The third kappa shape index (κ3) is 3.64. The summed E-state index contributed by atoms with van der Waals surface area (Å²) in [5, 5.41) is 0. The molecule has 6 nitrogen and oxygen atoms in total. The zero-order valence-corrected chi connectivity index (χ0v) is 14.3. The van der Waals surface area contributed by atoms with Crippen LogP contribution in [-0.4, -0.2) is 32.1 Å². The molecule has 0 radical (unpaired) electrons. The number of rotatable bonds is 4. The number of nitrogens with zero attached hydrogens (tertiary/aromatic N) is 4. The molecule has 2 aromatic rings. The van der Waals surface area contributed by atoms with Gasteiger partial charge in [-0.1, -0.05) is 6.07 Å². The molecule has 128 valence electrons.